The van der Waals surface area contributed by atoms with Crippen LogP contribution in [0.5, 0.6) is 0 Å². The molecule has 0 aromatic carbocycles. The van der Waals surface area contributed by atoms with E-state index in [1.165, 1.54) is 6.92 Å². The molecule has 0 radical (unpaired) electrons. The van der Waals surface area contributed by atoms with Gasteiger partial charge in [0, 0.05) is 6.92 Å². The molecule has 0 saturated heterocycles. The van der Waals surface area contributed by atoms with E-state index >= 15 is 0 Å². The lowest BCUT2D eigenvalue weighted by Crippen LogP contribution is -2.21. The molecule has 0 aromatic rings. The van der Waals surface area contributed by atoms with E-state index in [-0.39, 0.29) is 0 Å². The minimum Gasteiger partial charge on any atom is -0.409 e. The van der Waals surface area contributed by atoms with E-state index in [0.717, 1.165) is 0 Å². The van der Waals surface area contributed by atoms with E-state index < -0.39 is 12.4 Å². The molecule has 11 heavy (non-hydrogen) atoms. The highest BCUT2D eigenvalue weighted by molar-refractivity contribution is 14.1. The van der Waals surface area contributed by atoms with Crippen LogP contribution in [0.2, 0.25) is 0 Å². The molecule has 0 fully saturated rings. The fourth-order valence-electron chi connectivity index (χ4n) is 0.340. The molecule has 2 N–H and O–H groups in total. The zero-order chi connectivity index (χ0) is 8.69. The maximum absolute atomic E-state index is 10.1. The van der Waals surface area contributed by atoms with Crippen LogP contribution < -0.4 is 5.73 Å². The molecular formula is C6H8INO3. The van der Waals surface area contributed by atoms with Crippen LogP contribution in [0.1, 0.15) is 6.92 Å². The molecule has 5 heteroatoms. The van der Waals surface area contributed by atoms with Crippen LogP contribution in [-0.4, -0.2) is 16.8 Å². The third-order valence-corrected chi connectivity index (χ3v) is 1.03. The highest BCUT2D eigenvalue weighted by Gasteiger charge is 2.02. The van der Waals surface area contributed by atoms with Gasteiger partial charge in [0.2, 0.25) is 0 Å². The molecule has 1 unspecified atom stereocenters. The summed E-state index contributed by atoms with van der Waals surface area (Å²) in [6.45, 7) is 1.53. The van der Waals surface area contributed by atoms with Gasteiger partial charge in [0.1, 0.15) is 6.11 Å². The van der Waals surface area contributed by atoms with Crippen molar-refractivity contribution in [2.75, 3.05) is 4.43 Å². The zero-order valence-electron chi connectivity index (χ0n) is 5.96. The van der Waals surface area contributed by atoms with Crippen LogP contribution in [0.4, 0.5) is 4.79 Å². The molecule has 0 aliphatic rings. The second-order valence-electron chi connectivity index (χ2n) is 1.53. The Labute approximate surface area is 78.6 Å². The van der Waals surface area contributed by atoms with Gasteiger partial charge in [-0.15, -0.1) is 0 Å². The molecule has 0 aromatic heterocycles. The molecule has 0 aliphatic carbocycles. The van der Waals surface area contributed by atoms with E-state index in [4.69, 9.17) is 10.5 Å². The van der Waals surface area contributed by atoms with E-state index in [2.05, 4.69) is 39.4 Å². The number of nitrogens with two attached hydrogens (primary N) is 1. The number of carbonyl (C=O) groups excluding carboxylic acids is 1. The second-order valence-corrected chi connectivity index (χ2v) is 2.30. The predicted octanol–water partition coefficient (Wildman–Crippen LogP) is 0.840. The summed E-state index contributed by atoms with van der Waals surface area (Å²) in [5.74, 6) is 2.63. The first-order valence-corrected chi connectivity index (χ1v) is 4.35. The Morgan fingerprint density at radius 1 is 1.82 bits per heavy atom. The highest BCUT2D eigenvalue weighted by atomic mass is 127. The van der Waals surface area contributed by atoms with Crippen LogP contribution in [0.25, 0.3) is 0 Å². The van der Waals surface area contributed by atoms with Crippen molar-refractivity contribution in [3.05, 3.63) is 0 Å². The summed E-state index contributed by atoms with van der Waals surface area (Å²) in [6, 6.07) is 0. The van der Waals surface area contributed by atoms with Gasteiger partial charge in [0.25, 0.3) is 6.29 Å². The van der Waals surface area contributed by atoms with Crippen molar-refractivity contribution in [2.24, 2.45) is 5.73 Å². The summed E-state index contributed by atoms with van der Waals surface area (Å²) >= 11 is 2.07. The van der Waals surface area contributed by atoms with Gasteiger partial charge in [-0.05, 0) is 5.92 Å². The molecule has 1 atom stereocenters. The number of halogens is 1. The quantitative estimate of drug-likeness (QED) is 0.350. The first-order valence-electron chi connectivity index (χ1n) is 2.82. The van der Waals surface area contributed by atoms with E-state index in [0.29, 0.717) is 4.43 Å². The molecule has 62 valence electrons. The minimum absolute atomic E-state index is 0.668. The molecule has 0 spiro atoms. The van der Waals surface area contributed by atoms with Gasteiger partial charge in [-0.3, -0.25) is 0 Å². The van der Waals surface area contributed by atoms with E-state index in [9.17, 15) is 4.79 Å². The fraction of sp³-hybridized carbons (Fsp3) is 0.500. The molecule has 0 rings (SSSR count). The highest BCUT2D eigenvalue weighted by Crippen LogP contribution is 1.90. The average molecular weight is 269 g/mol. The van der Waals surface area contributed by atoms with Gasteiger partial charge in [-0.25, -0.2) is 4.79 Å². The number of hydrogen-bond acceptors (Lipinski definition) is 3. The van der Waals surface area contributed by atoms with Crippen molar-refractivity contribution in [1.82, 2.24) is 0 Å². The summed E-state index contributed by atoms with van der Waals surface area (Å²) in [6.07, 6.45) is 0.777. The van der Waals surface area contributed by atoms with Crippen LogP contribution in [0, 0.1) is 12.0 Å². The maximum Gasteiger partial charge on any atom is 0.407 e. The smallest absolute Gasteiger partial charge is 0.407 e. The van der Waals surface area contributed by atoms with Gasteiger partial charge in [-0.2, -0.15) is 0 Å². The average Bonchev–Trinajstić information content (AvgIpc) is 1.86. The Morgan fingerprint density at radius 2 is 2.45 bits per heavy atom. The molecule has 4 nitrogen and oxygen atoms in total. The Kier molecular flexibility index (Phi) is 5.74. The first kappa shape index (κ1) is 10.4. The number of hydrogen-bond donors (Lipinski definition) is 1. The van der Waals surface area contributed by atoms with Crippen LogP contribution >= 0.6 is 22.6 Å². The van der Waals surface area contributed by atoms with Crippen molar-refractivity contribution in [3.63, 3.8) is 0 Å². The van der Waals surface area contributed by atoms with E-state index in [1.807, 2.05) is 0 Å². The summed E-state index contributed by atoms with van der Waals surface area (Å²) in [5, 5.41) is 0. The molecule has 0 saturated carbocycles. The molecule has 0 bridgehead atoms. The van der Waals surface area contributed by atoms with Gasteiger partial charge in [0.05, 0.1) is 4.43 Å². The van der Waals surface area contributed by atoms with Crippen molar-refractivity contribution >= 4 is 28.7 Å². The number of primary amides is 1. The lowest BCUT2D eigenvalue weighted by Gasteiger charge is -2.06. The van der Waals surface area contributed by atoms with Gasteiger partial charge in [-0.1, -0.05) is 22.6 Å². The van der Waals surface area contributed by atoms with Gasteiger partial charge < -0.3 is 15.2 Å². The van der Waals surface area contributed by atoms with Gasteiger partial charge in [0.15, 0.2) is 0 Å². The largest absolute Gasteiger partial charge is 0.409 e. The monoisotopic (exact) mass is 269 g/mol. The van der Waals surface area contributed by atoms with E-state index in [1.54, 1.807) is 0 Å². The lowest BCUT2D eigenvalue weighted by atomic mass is 10.7. The van der Waals surface area contributed by atoms with Crippen molar-refractivity contribution < 1.29 is 14.3 Å². The van der Waals surface area contributed by atoms with Crippen LogP contribution in [-0.2, 0) is 9.47 Å². The number of ether oxygens (including phenoxy) is 2. The first-order chi connectivity index (χ1) is 5.16. The minimum atomic E-state index is -0.867. The van der Waals surface area contributed by atoms with Crippen molar-refractivity contribution in [3.8, 4) is 12.0 Å². The third-order valence-electron chi connectivity index (χ3n) is 0.646. The number of amides is 1. The predicted molar refractivity (Wildman–Crippen MR) is 47.9 cm³/mol. The molecular weight excluding hydrogens is 261 g/mol. The van der Waals surface area contributed by atoms with Crippen LogP contribution in [0.3, 0.4) is 0 Å². The SMILES string of the molecule is CC(OC#CCI)OC(N)=O. The van der Waals surface area contributed by atoms with Crippen LogP contribution in [0.15, 0.2) is 0 Å². The number of alkyl halides is 1. The topological polar surface area (TPSA) is 61.6 Å². The second kappa shape index (κ2) is 6.09. The van der Waals surface area contributed by atoms with Gasteiger partial charge >= 0.3 is 6.09 Å². The Balaban J connectivity index is 3.52. The molecule has 0 aliphatic heterocycles. The number of rotatable bonds is 2. The molecule has 1 amide bonds. The maximum atomic E-state index is 10.1. The normalized spacial score (nSPS) is 10.7. The van der Waals surface area contributed by atoms with Crippen molar-refractivity contribution in [2.45, 2.75) is 13.2 Å². The summed E-state index contributed by atoms with van der Waals surface area (Å²) in [5.41, 5.74) is 4.71. The summed E-state index contributed by atoms with van der Waals surface area (Å²) in [4.78, 5) is 10.1. The van der Waals surface area contributed by atoms with Crippen molar-refractivity contribution in [1.29, 1.82) is 0 Å². The Bertz CT molecular complexity index is 184. The zero-order valence-corrected chi connectivity index (χ0v) is 8.12. The summed E-state index contributed by atoms with van der Waals surface area (Å²) in [7, 11) is 0. The number of carbonyl (C=O) groups is 1. The third kappa shape index (κ3) is 7.25. The Morgan fingerprint density at radius 3 is 2.91 bits per heavy atom. The lowest BCUT2D eigenvalue weighted by molar-refractivity contribution is -0.0335. The molecule has 0 heterocycles. The Hall–Kier alpha value is -0.640. The fourth-order valence-corrected chi connectivity index (χ4v) is 0.495. The standard InChI is InChI=1S/C6H8INO3/c1-5(11-6(8)9)10-4-2-3-7/h5H,3H2,1H3,(H2,8,9). The summed E-state index contributed by atoms with van der Waals surface area (Å²) < 4.78 is 9.78.